The van der Waals surface area contributed by atoms with Crippen molar-refractivity contribution < 1.29 is 55.2 Å². The minimum absolute atomic E-state index is 0.133. The van der Waals surface area contributed by atoms with Crippen molar-refractivity contribution >= 4 is 22.3 Å². The van der Waals surface area contributed by atoms with Crippen LogP contribution in [0.3, 0.4) is 0 Å². The largest absolute Gasteiger partial charge is 0.569 e. The van der Waals surface area contributed by atoms with Crippen LogP contribution >= 0.6 is 0 Å². The second-order valence-electron chi connectivity index (χ2n) is 11.3. The van der Waals surface area contributed by atoms with Crippen LogP contribution in [0, 0.1) is 18.0 Å². The average molecular weight is 713 g/mol. The maximum absolute atomic E-state index is 13.5. The van der Waals surface area contributed by atoms with Gasteiger partial charge in [-0.1, -0.05) is 29.8 Å². The van der Waals surface area contributed by atoms with E-state index in [-0.39, 0.29) is 46.9 Å². The number of carbonyl (C=O) groups excluding carboxylic acids is 2. The fraction of sp³-hybridized carbons (Fsp3) is 0.433. The molecule has 2 aromatic carbocycles. The first-order valence-electron chi connectivity index (χ1n) is 15.0. The molecule has 1 N–H and O–H groups in total. The van der Waals surface area contributed by atoms with Crippen molar-refractivity contribution in [1.29, 1.82) is 0 Å². The van der Waals surface area contributed by atoms with E-state index in [9.17, 15) is 36.4 Å². The number of rotatable bonds is 11. The zero-order valence-electron chi connectivity index (χ0n) is 26.9. The molecule has 1 fully saturated rings. The van der Waals surface area contributed by atoms with Crippen LogP contribution in [0.4, 0.5) is 22.8 Å². The van der Waals surface area contributed by atoms with E-state index in [1.54, 1.807) is 38.1 Å². The van der Waals surface area contributed by atoms with Gasteiger partial charge in [0.15, 0.2) is 5.69 Å². The molecule has 0 aliphatic carbocycles. The van der Waals surface area contributed by atoms with Crippen molar-refractivity contribution in [1.82, 2.24) is 19.5 Å². The third-order valence-electron chi connectivity index (χ3n) is 7.10. The van der Waals surface area contributed by atoms with Gasteiger partial charge in [-0.3, -0.25) is 4.84 Å². The van der Waals surface area contributed by atoms with Crippen LogP contribution in [0.1, 0.15) is 44.9 Å². The Labute approximate surface area is 279 Å². The lowest BCUT2D eigenvalue weighted by molar-refractivity contribution is -0.715. The number of piperidine rings is 1. The van der Waals surface area contributed by atoms with Crippen LogP contribution < -0.4 is 4.72 Å². The van der Waals surface area contributed by atoms with Crippen molar-refractivity contribution in [3.05, 3.63) is 71.1 Å². The van der Waals surface area contributed by atoms with Gasteiger partial charge in [-0.05, 0) is 69.9 Å². The molecule has 0 saturated carbocycles. The number of hydrazine groups is 1. The average Bonchev–Trinajstić information content (AvgIpc) is 3.49. The molecule has 1 aliphatic heterocycles. The number of sulfonamides is 1. The quantitative estimate of drug-likeness (QED) is 0.0847. The molecule has 1 saturated heterocycles. The second kappa shape index (κ2) is 15.4. The van der Waals surface area contributed by atoms with E-state index in [1.807, 2.05) is 11.6 Å². The van der Waals surface area contributed by atoms with Gasteiger partial charge in [-0.15, -0.1) is 5.01 Å². The Morgan fingerprint density at radius 1 is 1.06 bits per heavy atom. The van der Waals surface area contributed by atoms with Crippen LogP contribution in [0.5, 0.6) is 0 Å². The summed E-state index contributed by atoms with van der Waals surface area (Å²) >= 11 is 0. The van der Waals surface area contributed by atoms with Crippen molar-refractivity contribution in [3.8, 4) is 16.9 Å². The molecule has 3 aromatic rings. The smallest absolute Gasteiger partial charge is 0.511 e. The Morgan fingerprint density at radius 3 is 2.29 bits per heavy atom. The lowest BCUT2D eigenvalue weighted by Gasteiger charge is -2.27. The van der Waals surface area contributed by atoms with Gasteiger partial charge >= 0.3 is 18.4 Å². The molecule has 15 nitrogen and oxygen atoms in total. The van der Waals surface area contributed by atoms with Crippen molar-refractivity contribution in [3.63, 3.8) is 0 Å². The first kappa shape index (κ1) is 36.8. The van der Waals surface area contributed by atoms with Gasteiger partial charge in [0.2, 0.25) is 5.28 Å². The van der Waals surface area contributed by atoms with Gasteiger partial charge in [-0.2, -0.15) is 18.3 Å². The lowest BCUT2D eigenvalue weighted by Crippen LogP contribution is -2.40. The Bertz CT molecular complexity index is 1740. The van der Waals surface area contributed by atoms with E-state index in [2.05, 4.69) is 10.4 Å². The van der Waals surface area contributed by atoms with Gasteiger partial charge in [0.05, 0.1) is 47.0 Å². The highest BCUT2D eigenvalue weighted by Crippen LogP contribution is 2.33. The highest BCUT2D eigenvalue weighted by Gasteiger charge is 2.35. The molecule has 49 heavy (non-hydrogen) atoms. The molecule has 0 bridgehead atoms. The van der Waals surface area contributed by atoms with Gasteiger partial charge in [0.25, 0.3) is 16.3 Å². The third-order valence-corrected chi connectivity index (χ3v) is 8.43. The lowest BCUT2D eigenvalue weighted by atomic mass is 9.99. The summed E-state index contributed by atoms with van der Waals surface area (Å²) in [7, 11) is -4.40. The van der Waals surface area contributed by atoms with Crippen LogP contribution in [-0.2, 0) is 35.2 Å². The Hall–Kier alpha value is -5.07. The molecule has 19 heteroatoms. The molecular formula is C30H35F3N6O9S. The number of amides is 1. The number of nitrogens with one attached hydrogen (secondary N) is 1. The third kappa shape index (κ3) is 10.2. The number of benzene rings is 2. The number of nitrogens with zero attached hydrogens (tertiary/aromatic N) is 5. The Morgan fingerprint density at radius 2 is 1.69 bits per heavy atom. The zero-order valence-corrected chi connectivity index (χ0v) is 27.7. The number of alkyl halides is 3. The summed E-state index contributed by atoms with van der Waals surface area (Å²) in [6.07, 6.45) is -7.70. The van der Waals surface area contributed by atoms with E-state index < -0.39 is 46.5 Å². The van der Waals surface area contributed by atoms with Gasteiger partial charge in [0.1, 0.15) is 0 Å². The van der Waals surface area contributed by atoms with Crippen LogP contribution in [-0.4, -0.2) is 72.5 Å². The number of hydrogen-bond donors (Lipinski definition) is 1. The minimum atomic E-state index is -4.71. The molecule has 1 atom stereocenters. The molecular weight excluding hydrogens is 677 g/mol. The van der Waals surface area contributed by atoms with E-state index in [0.29, 0.717) is 18.4 Å². The number of aromatic nitrogens is 2. The van der Waals surface area contributed by atoms with Gasteiger partial charge < -0.3 is 19.4 Å². The Balaban J connectivity index is 1.29. The predicted octanol–water partition coefficient (Wildman–Crippen LogP) is 5.71. The first-order chi connectivity index (χ1) is 23.0. The number of ether oxygens (including phenoxy) is 3. The zero-order chi connectivity index (χ0) is 35.9. The topological polar surface area (TPSA) is 177 Å². The molecule has 0 spiro atoms. The van der Waals surface area contributed by atoms with E-state index in [0.717, 1.165) is 28.4 Å². The van der Waals surface area contributed by atoms with Crippen molar-refractivity contribution in [2.45, 2.75) is 64.0 Å². The summed E-state index contributed by atoms with van der Waals surface area (Å²) in [5.41, 5.74) is 0.561. The SMILES string of the molecule is Cc1ccc(-c2cc(C(F)(F)F)nn2-c2ccc(S(=O)(=O)NC(=O)OCC3CCN([N+]([O-])=NOC(C)OC(=O)OC(C)C)CC3)cc2)cc1. The molecule has 1 unspecified atom stereocenters. The van der Waals surface area contributed by atoms with Crippen molar-refractivity contribution in [2.24, 2.45) is 11.2 Å². The Kier molecular flexibility index (Phi) is 11.6. The molecule has 1 aromatic heterocycles. The maximum atomic E-state index is 13.5. The molecule has 2 heterocycles. The summed E-state index contributed by atoms with van der Waals surface area (Å²) in [6, 6.07) is 12.5. The second-order valence-corrected chi connectivity index (χ2v) is 13.0. The highest BCUT2D eigenvalue weighted by atomic mass is 32.2. The summed E-state index contributed by atoms with van der Waals surface area (Å²) in [5, 5.41) is 20.6. The van der Waals surface area contributed by atoms with Gasteiger partial charge in [0, 0.05) is 12.5 Å². The minimum Gasteiger partial charge on any atom is -0.569 e. The molecule has 266 valence electrons. The molecule has 4 rings (SSSR count). The van der Waals surface area contributed by atoms with E-state index >= 15 is 0 Å². The summed E-state index contributed by atoms with van der Waals surface area (Å²) in [6.45, 7) is 6.75. The standard InChI is InChI=1S/C30H35F3N6O9S/c1-19(2)46-29(41)47-21(4)48-36-39(42)37-15-13-22(14-16-37)18-45-28(40)35-49(43,44)25-11-9-24(10-12-25)38-26(17-27(34-38)30(31,32)33)23-7-5-20(3)6-8-23/h5-12,17,19,21-22H,13-16,18H2,1-4H3,(H,35,40). The van der Waals surface area contributed by atoms with E-state index in [4.69, 9.17) is 19.0 Å². The molecule has 1 aliphatic rings. The number of halogens is 3. The van der Waals surface area contributed by atoms with Gasteiger partial charge in [-0.25, -0.2) is 27.4 Å². The highest BCUT2D eigenvalue weighted by molar-refractivity contribution is 7.90. The molecule has 0 radical (unpaired) electrons. The summed E-state index contributed by atoms with van der Waals surface area (Å²) in [5.74, 6) is -0.190. The first-order valence-corrected chi connectivity index (χ1v) is 16.5. The number of hydrogen-bond acceptors (Lipinski definition) is 11. The monoisotopic (exact) mass is 712 g/mol. The van der Waals surface area contributed by atoms with Crippen LogP contribution in [0.15, 0.2) is 64.8 Å². The normalized spacial score (nSPS) is 15.1. The summed E-state index contributed by atoms with van der Waals surface area (Å²) < 4.78 is 83.8. The van der Waals surface area contributed by atoms with Crippen LogP contribution in [0.2, 0.25) is 0 Å². The maximum Gasteiger partial charge on any atom is 0.511 e. The fourth-order valence-electron chi connectivity index (χ4n) is 4.60. The predicted molar refractivity (Wildman–Crippen MR) is 164 cm³/mol. The summed E-state index contributed by atoms with van der Waals surface area (Å²) in [4.78, 5) is 28.6. The van der Waals surface area contributed by atoms with Crippen molar-refractivity contribution in [2.75, 3.05) is 19.7 Å². The van der Waals surface area contributed by atoms with Crippen LogP contribution in [0.25, 0.3) is 16.9 Å². The fourth-order valence-corrected chi connectivity index (χ4v) is 5.49. The van der Waals surface area contributed by atoms with E-state index in [1.165, 1.54) is 24.1 Å². The number of aryl methyl sites for hydroxylation is 1. The molecule has 1 amide bonds. The number of carbonyl (C=O) groups is 2.